The molecule has 0 amide bonds. The second-order valence-corrected chi connectivity index (χ2v) is 8.63. The molecular weight excluding hydrogens is 422 g/mol. The monoisotopic (exact) mass is 441 g/mol. The molecule has 1 aliphatic rings. The average Bonchev–Trinajstić information content (AvgIpc) is 3.43. The molecule has 0 radical (unpaired) electrons. The number of anilines is 1. The molecule has 0 bridgehead atoms. The van der Waals surface area contributed by atoms with Crippen LogP contribution in [0.25, 0.3) is 27.3 Å². The van der Waals surface area contributed by atoms with Crippen molar-refractivity contribution in [1.82, 2.24) is 19.6 Å². The number of aromatic nitrogens is 4. The first kappa shape index (κ1) is 19.3. The SMILES string of the molecule is CCOC(=O)C1CCN(c2nc3cc(Cl)ccc3c3nnc(-c4cccs4)n23)CC1. The predicted octanol–water partition coefficient (Wildman–Crippen LogP) is 4.44. The molecule has 7 nitrogen and oxygen atoms in total. The highest BCUT2D eigenvalue weighted by molar-refractivity contribution is 7.13. The first-order valence-corrected chi connectivity index (χ1v) is 11.2. The van der Waals surface area contributed by atoms with Crippen molar-refractivity contribution in [3.8, 4) is 10.7 Å². The zero-order valence-corrected chi connectivity index (χ0v) is 18.0. The molecule has 1 fully saturated rings. The molecule has 0 saturated carbocycles. The molecule has 3 aromatic heterocycles. The molecule has 0 N–H and O–H groups in total. The molecule has 0 aliphatic carbocycles. The van der Waals surface area contributed by atoms with Crippen LogP contribution in [-0.4, -0.2) is 45.2 Å². The van der Waals surface area contributed by atoms with Crippen molar-refractivity contribution < 1.29 is 9.53 Å². The van der Waals surface area contributed by atoms with E-state index in [2.05, 4.69) is 15.1 Å². The van der Waals surface area contributed by atoms with Crippen LogP contribution >= 0.6 is 22.9 Å². The Balaban J connectivity index is 1.61. The number of thiophene rings is 1. The summed E-state index contributed by atoms with van der Waals surface area (Å²) in [6.45, 7) is 3.67. The summed E-state index contributed by atoms with van der Waals surface area (Å²) < 4.78 is 7.23. The third-order valence-electron chi connectivity index (χ3n) is 5.42. The minimum Gasteiger partial charge on any atom is -0.466 e. The smallest absolute Gasteiger partial charge is 0.309 e. The summed E-state index contributed by atoms with van der Waals surface area (Å²) in [5.74, 6) is 1.37. The van der Waals surface area contributed by atoms with E-state index in [4.69, 9.17) is 21.3 Å². The second kappa shape index (κ2) is 7.85. The minimum atomic E-state index is -0.107. The maximum Gasteiger partial charge on any atom is 0.309 e. The quantitative estimate of drug-likeness (QED) is 0.436. The molecule has 9 heteroatoms. The number of benzene rings is 1. The second-order valence-electron chi connectivity index (χ2n) is 7.25. The first-order chi connectivity index (χ1) is 14.7. The summed E-state index contributed by atoms with van der Waals surface area (Å²) in [5, 5.41) is 12.5. The van der Waals surface area contributed by atoms with Crippen LogP contribution in [-0.2, 0) is 9.53 Å². The lowest BCUT2D eigenvalue weighted by Crippen LogP contribution is -2.38. The topological polar surface area (TPSA) is 72.6 Å². The van der Waals surface area contributed by atoms with E-state index in [-0.39, 0.29) is 11.9 Å². The van der Waals surface area contributed by atoms with Crippen molar-refractivity contribution in [2.75, 3.05) is 24.6 Å². The van der Waals surface area contributed by atoms with Crippen LogP contribution in [0.2, 0.25) is 5.02 Å². The van der Waals surface area contributed by atoms with Crippen LogP contribution < -0.4 is 4.90 Å². The lowest BCUT2D eigenvalue weighted by Gasteiger charge is -2.32. The van der Waals surface area contributed by atoms with E-state index in [1.807, 2.05) is 47.0 Å². The molecule has 0 atom stereocenters. The van der Waals surface area contributed by atoms with Gasteiger partial charge in [0.25, 0.3) is 0 Å². The number of nitrogens with zero attached hydrogens (tertiary/aromatic N) is 5. The molecule has 154 valence electrons. The molecular formula is C21H20ClN5O2S. The summed E-state index contributed by atoms with van der Waals surface area (Å²) in [4.78, 5) is 20.3. The number of hydrogen-bond acceptors (Lipinski definition) is 7. The van der Waals surface area contributed by atoms with Crippen molar-refractivity contribution in [1.29, 1.82) is 0 Å². The van der Waals surface area contributed by atoms with Gasteiger partial charge >= 0.3 is 5.97 Å². The highest BCUT2D eigenvalue weighted by Crippen LogP contribution is 2.33. The van der Waals surface area contributed by atoms with Gasteiger partial charge in [-0.05, 0) is 49.4 Å². The highest BCUT2D eigenvalue weighted by Gasteiger charge is 2.29. The van der Waals surface area contributed by atoms with Gasteiger partial charge in [0.05, 0.1) is 22.9 Å². The van der Waals surface area contributed by atoms with E-state index in [9.17, 15) is 4.79 Å². The fourth-order valence-electron chi connectivity index (χ4n) is 3.95. The van der Waals surface area contributed by atoms with Gasteiger partial charge in [-0.1, -0.05) is 17.7 Å². The van der Waals surface area contributed by atoms with Gasteiger partial charge in [0.1, 0.15) is 0 Å². The zero-order chi connectivity index (χ0) is 20.7. The molecule has 0 unspecified atom stereocenters. The Bertz CT molecular complexity index is 1220. The number of halogens is 1. The summed E-state index contributed by atoms with van der Waals surface area (Å²) >= 11 is 7.85. The number of piperidine rings is 1. The predicted molar refractivity (Wildman–Crippen MR) is 118 cm³/mol. The van der Waals surface area contributed by atoms with E-state index in [1.165, 1.54) is 0 Å². The number of ether oxygens (including phenoxy) is 1. The summed E-state index contributed by atoms with van der Waals surface area (Å²) in [6, 6.07) is 9.66. The van der Waals surface area contributed by atoms with Crippen LogP contribution in [0, 0.1) is 5.92 Å². The van der Waals surface area contributed by atoms with Gasteiger partial charge in [-0.25, -0.2) is 9.38 Å². The van der Waals surface area contributed by atoms with Crippen LogP contribution in [0.5, 0.6) is 0 Å². The van der Waals surface area contributed by atoms with Crippen molar-refractivity contribution in [3.63, 3.8) is 0 Å². The lowest BCUT2D eigenvalue weighted by atomic mass is 9.97. The van der Waals surface area contributed by atoms with Crippen molar-refractivity contribution >= 4 is 51.4 Å². The minimum absolute atomic E-state index is 0.0655. The Kier molecular flexibility index (Phi) is 5.04. The van der Waals surface area contributed by atoms with Gasteiger partial charge in [0.15, 0.2) is 11.5 Å². The number of fused-ring (bicyclic) bond motifs is 3. The van der Waals surface area contributed by atoms with Gasteiger partial charge in [-0.2, -0.15) is 0 Å². The Morgan fingerprint density at radius 2 is 2.10 bits per heavy atom. The summed E-state index contributed by atoms with van der Waals surface area (Å²) in [5.41, 5.74) is 1.53. The van der Waals surface area contributed by atoms with E-state index < -0.39 is 0 Å². The van der Waals surface area contributed by atoms with Gasteiger partial charge in [-0.3, -0.25) is 4.79 Å². The van der Waals surface area contributed by atoms with E-state index in [0.29, 0.717) is 24.7 Å². The Morgan fingerprint density at radius 3 is 2.83 bits per heavy atom. The molecule has 5 rings (SSSR count). The van der Waals surface area contributed by atoms with Gasteiger partial charge in [0.2, 0.25) is 5.95 Å². The fourth-order valence-corrected chi connectivity index (χ4v) is 4.81. The number of rotatable bonds is 4. The van der Waals surface area contributed by atoms with Crippen molar-refractivity contribution in [2.45, 2.75) is 19.8 Å². The number of carbonyl (C=O) groups excluding carboxylic acids is 1. The standard InChI is InChI=1S/C21H20ClN5O2S/c1-2-29-20(28)13-7-9-26(10-8-13)21-23-16-12-14(22)5-6-15(16)18-24-25-19(27(18)21)17-4-3-11-30-17/h3-6,11-13H,2,7-10H2,1H3. The number of carbonyl (C=O) groups is 1. The highest BCUT2D eigenvalue weighted by atomic mass is 35.5. The molecule has 1 saturated heterocycles. The Labute approximate surface area is 182 Å². The van der Waals surface area contributed by atoms with Crippen LogP contribution in [0.15, 0.2) is 35.7 Å². The Morgan fingerprint density at radius 1 is 1.27 bits per heavy atom. The number of hydrogen-bond donors (Lipinski definition) is 0. The largest absolute Gasteiger partial charge is 0.466 e. The summed E-state index contributed by atoms with van der Waals surface area (Å²) in [7, 11) is 0. The normalized spacial score (nSPS) is 15.2. The van der Waals surface area contributed by atoms with Crippen LogP contribution in [0.4, 0.5) is 5.95 Å². The Hall–Kier alpha value is -2.71. The maximum atomic E-state index is 12.1. The van der Waals surface area contributed by atoms with Crippen molar-refractivity contribution in [3.05, 3.63) is 40.7 Å². The van der Waals surface area contributed by atoms with Gasteiger partial charge in [0, 0.05) is 23.5 Å². The summed E-state index contributed by atoms with van der Waals surface area (Å²) in [6.07, 6.45) is 1.46. The lowest BCUT2D eigenvalue weighted by molar-refractivity contribution is -0.148. The molecule has 4 heterocycles. The molecule has 30 heavy (non-hydrogen) atoms. The van der Waals surface area contributed by atoms with E-state index in [0.717, 1.165) is 46.0 Å². The van der Waals surface area contributed by atoms with Crippen molar-refractivity contribution in [2.24, 2.45) is 5.92 Å². The van der Waals surface area contributed by atoms with Crippen LogP contribution in [0.1, 0.15) is 19.8 Å². The first-order valence-electron chi connectivity index (χ1n) is 9.95. The van der Waals surface area contributed by atoms with Crippen LogP contribution in [0.3, 0.4) is 0 Å². The molecule has 1 aromatic carbocycles. The van der Waals surface area contributed by atoms with Gasteiger partial charge < -0.3 is 9.64 Å². The van der Waals surface area contributed by atoms with Gasteiger partial charge in [-0.15, -0.1) is 21.5 Å². The third-order valence-corrected chi connectivity index (χ3v) is 6.52. The third kappa shape index (κ3) is 3.30. The number of esters is 1. The molecule has 4 aromatic rings. The maximum absolute atomic E-state index is 12.1. The average molecular weight is 442 g/mol. The zero-order valence-electron chi connectivity index (χ0n) is 16.4. The fraction of sp³-hybridized carbons (Fsp3) is 0.333. The van der Waals surface area contributed by atoms with E-state index in [1.54, 1.807) is 11.3 Å². The van der Waals surface area contributed by atoms with E-state index >= 15 is 0 Å². The molecule has 0 spiro atoms. The molecule has 1 aliphatic heterocycles.